The van der Waals surface area contributed by atoms with Crippen LogP contribution in [0.2, 0.25) is 0 Å². The third-order valence-corrected chi connectivity index (χ3v) is 4.66. The average molecular weight is 369 g/mol. The van der Waals surface area contributed by atoms with Crippen LogP contribution >= 0.6 is 0 Å². The van der Waals surface area contributed by atoms with E-state index in [0.29, 0.717) is 29.1 Å². The van der Waals surface area contributed by atoms with Crippen molar-refractivity contribution in [2.24, 2.45) is 0 Å². The Bertz CT molecular complexity index is 978. The van der Waals surface area contributed by atoms with Gasteiger partial charge in [-0.05, 0) is 29.8 Å². The van der Waals surface area contributed by atoms with Crippen LogP contribution < -0.4 is 10.4 Å². The van der Waals surface area contributed by atoms with E-state index in [9.17, 15) is 9.18 Å². The van der Waals surface area contributed by atoms with Gasteiger partial charge >= 0.3 is 5.63 Å². The van der Waals surface area contributed by atoms with Crippen LogP contribution in [-0.4, -0.2) is 44.4 Å². The molecule has 0 atom stereocenters. The van der Waals surface area contributed by atoms with E-state index < -0.39 is 5.63 Å². The Morgan fingerprint density at radius 1 is 1.04 bits per heavy atom. The molecular weight excluding hydrogens is 349 g/mol. The summed E-state index contributed by atoms with van der Waals surface area (Å²) in [6, 6.07) is 13.0. The van der Waals surface area contributed by atoms with Crippen molar-refractivity contribution in [3.05, 3.63) is 64.8 Å². The maximum Gasteiger partial charge on any atom is 0.347 e. The first-order valence-corrected chi connectivity index (χ1v) is 8.97. The van der Waals surface area contributed by atoms with Gasteiger partial charge in [-0.25, -0.2) is 9.18 Å². The molecular formula is C21H20FNO4. The van der Waals surface area contributed by atoms with Crippen LogP contribution in [0.4, 0.5) is 4.39 Å². The normalized spacial score (nSPS) is 15.1. The number of fused-ring (bicyclic) bond motifs is 1. The van der Waals surface area contributed by atoms with Crippen LogP contribution in [0.5, 0.6) is 5.75 Å². The molecule has 27 heavy (non-hydrogen) atoms. The Hall–Kier alpha value is -2.70. The Balaban J connectivity index is 1.70. The molecule has 1 fully saturated rings. The van der Waals surface area contributed by atoms with Crippen molar-refractivity contribution in [3.63, 3.8) is 0 Å². The number of benzene rings is 2. The van der Waals surface area contributed by atoms with Gasteiger partial charge in [-0.3, -0.25) is 4.90 Å². The quantitative estimate of drug-likeness (QED) is 0.646. The van der Waals surface area contributed by atoms with E-state index in [1.807, 2.05) is 12.1 Å². The summed E-state index contributed by atoms with van der Waals surface area (Å²) in [5.74, 6) is 0.112. The standard InChI is InChI=1S/C21H20FNO4/c22-16-7-5-15(6-8-16)19-20(26-14-11-23-9-12-25-13-10-23)17-3-1-2-4-18(17)27-21(19)24/h1-8H,9-14H2. The first-order chi connectivity index (χ1) is 13.2. The Morgan fingerprint density at radius 3 is 2.56 bits per heavy atom. The van der Waals surface area contributed by atoms with Gasteiger partial charge in [0.15, 0.2) is 0 Å². The van der Waals surface area contributed by atoms with E-state index in [0.717, 1.165) is 38.2 Å². The van der Waals surface area contributed by atoms with Crippen molar-refractivity contribution >= 4 is 11.0 Å². The number of hydrogen-bond acceptors (Lipinski definition) is 5. The molecule has 1 aliphatic heterocycles. The van der Waals surface area contributed by atoms with Gasteiger partial charge in [0, 0.05) is 19.6 Å². The Morgan fingerprint density at radius 2 is 1.78 bits per heavy atom. The summed E-state index contributed by atoms with van der Waals surface area (Å²) in [6.45, 7) is 4.34. The van der Waals surface area contributed by atoms with E-state index in [1.54, 1.807) is 24.3 Å². The fraction of sp³-hybridized carbons (Fsp3) is 0.286. The van der Waals surface area contributed by atoms with Crippen LogP contribution in [0.3, 0.4) is 0 Å². The average Bonchev–Trinajstić information content (AvgIpc) is 2.70. The minimum absolute atomic E-state index is 0.315. The zero-order valence-electron chi connectivity index (χ0n) is 14.8. The summed E-state index contributed by atoms with van der Waals surface area (Å²) in [7, 11) is 0. The molecule has 0 spiro atoms. The molecule has 1 aliphatic rings. The molecule has 140 valence electrons. The predicted molar refractivity (Wildman–Crippen MR) is 101 cm³/mol. The number of para-hydroxylation sites is 1. The van der Waals surface area contributed by atoms with Gasteiger partial charge in [-0.1, -0.05) is 24.3 Å². The summed E-state index contributed by atoms with van der Waals surface area (Å²) in [4.78, 5) is 14.9. The molecule has 2 heterocycles. The number of morpholine rings is 1. The predicted octanol–water partition coefficient (Wildman–Crippen LogP) is 3.31. The first-order valence-electron chi connectivity index (χ1n) is 8.97. The summed E-state index contributed by atoms with van der Waals surface area (Å²) in [5, 5.41) is 0.721. The molecule has 5 nitrogen and oxygen atoms in total. The molecule has 2 aromatic carbocycles. The molecule has 1 aromatic heterocycles. The van der Waals surface area contributed by atoms with Crippen LogP contribution in [0.15, 0.2) is 57.7 Å². The SMILES string of the molecule is O=c1oc2ccccc2c(OCCN2CCOCC2)c1-c1ccc(F)cc1. The van der Waals surface area contributed by atoms with E-state index >= 15 is 0 Å². The molecule has 6 heteroatoms. The van der Waals surface area contributed by atoms with E-state index in [1.165, 1.54) is 12.1 Å². The van der Waals surface area contributed by atoms with Crippen LogP contribution in [0, 0.1) is 5.82 Å². The largest absolute Gasteiger partial charge is 0.491 e. The lowest BCUT2D eigenvalue weighted by Crippen LogP contribution is -2.38. The maximum atomic E-state index is 13.3. The van der Waals surface area contributed by atoms with Gasteiger partial charge in [-0.15, -0.1) is 0 Å². The molecule has 0 bridgehead atoms. The molecule has 0 aliphatic carbocycles. The second-order valence-electron chi connectivity index (χ2n) is 6.40. The van der Waals surface area contributed by atoms with Crippen molar-refractivity contribution < 1.29 is 18.3 Å². The third kappa shape index (κ3) is 3.86. The number of rotatable bonds is 5. The molecule has 0 amide bonds. The molecule has 4 rings (SSSR count). The van der Waals surface area contributed by atoms with E-state index in [4.69, 9.17) is 13.9 Å². The lowest BCUT2D eigenvalue weighted by Gasteiger charge is -2.26. The third-order valence-electron chi connectivity index (χ3n) is 4.66. The second kappa shape index (κ2) is 7.90. The fourth-order valence-electron chi connectivity index (χ4n) is 3.24. The van der Waals surface area contributed by atoms with Crippen molar-refractivity contribution in [2.45, 2.75) is 0 Å². The van der Waals surface area contributed by atoms with Crippen LogP contribution in [-0.2, 0) is 4.74 Å². The molecule has 0 unspecified atom stereocenters. The number of halogens is 1. The first kappa shape index (κ1) is 17.7. The number of nitrogens with zero attached hydrogens (tertiary/aromatic N) is 1. The molecule has 3 aromatic rings. The highest BCUT2D eigenvalue weighted by atomic mass is 19.1. The summed E-state index contributed by atoms with van der Waals surface area (Å²) in [5.41, 5.74) is 0.851. The number of hydrogen-bond donors (Lipinski definition) is 0. The van der Waals surface area contributed by atoms with Gasteiger partial charge < -0.3 is 13.9 Å². The highest BCUT2D eigenvalue weighted by Gasteiger charge is 2.18. The van der Waals surface area contributed by atoms with Gasteiger partial charge in [0.25, 0.3) is 0 Å². The maximum absolute atomic E-state index is 13.3. The summed E-state index contributed by atoms with van der Waals surface area (Å²) < 4.78 is 30.2. The van der Waals surface area contributed by atoms with Gasteiger partial charge in [0.05, 0.1) is 18.6 Å². The second-order valence-corrected chi connectivity index (χ2v) is 6.40. The minimum Gasteiger partial charge on any atom is -0.491 e. The van der Waals surface area contributed by atoms with Crippen molar-refractivity contribution in [1.82, 2.24) is 4.90 Å². The van der Waals surface area contributed by atoms with Crippen LogP contribution in [0.25, 0.3) is 22.1 Å². The van der Waals surface area contributed by atoms with Gasteiger partial charge in [-0.2, -0.15) is 0 Å². The smallest absolute Gasteiger partial charge is 0.347 e. The molecule has 0 saturated carbocycles. The monoisotopic (exact) mass is 369 g/mol. The molecule has 0 radical (unpaired) electrons. The van der Waals surface area contributed by atoms with Crippen molar-refractivity contribution in [3.8, 4) is 16.9 Å². The van der Waals surface area contributed by atoms with Crippen molar-refractivity contribution in [2.75, 3.05) is 39.5 Å². The Labute approximate surface area is 155 Å². The van der Waals surface area contributed by atoms with Crippen molar-refractivity contribution in [1.29, 1.82) is 0 Å². The van der Waals surface area contributed by atoms with Gasteiger partial charge in [0.1, 0.15) is 29.3 Å². The molecule has 0 N–H and O–H groups in total. The topological polar surface area (TPSA) is 51.9 Å². The molecule has 1 saturated heterocycles. The van der Waals surface area contributed by atoms with E-state index in [-0.39, 0.29) is 5.82 Å². The van der Waals surface area contributed by atoms with Gasteiger partial charge in [0.2, 0.25) is 0 Å². The van der Waals surface area contributed by atoms with E-state index in [2.05, 4.69) is 4.90 Å². The lowest BCUT2D eigenvalue weighted by molar-refractivity contribution is 0.0323. The number of ether oxygens (including phenoxy) is 2. The highest BCUT2D eigenvalue weighted by molar-refractivity contribution is 5.90. The van der Waals surface area contributed by atoms with Crippen LogP contribution in [0.1, 0.15) is 0 Å². The summed E-state index contributed by atoms with van der Waals surface area (Å²) >= 11 is 0. The Kier molecular flexibility index (Phi) is 5.18. The summed E-state index contributed by atoms with van der Waals surface area (Å²) in [6.07, 6.45) is 0. The minimum atomic E-state index is -0.498. The zero-order chi connectivity index (χ0) is 18.6. The lowest BCUT2D eigenvalue weighted by atomic mass is 10.0. The fourth-order valence-corrected chi connectivity index (χ4v) is 3.24. The highest BCUT2D eigenvalue weighted by Crippen LogP contribution is 2.34. The zero-order valence-corrected chi connectivity index (χ0v) is 14.8.